The molecule has 0 bridgehead atoms. The monoisotopic (exact) mass is 440 g/mol. The van der Waals surface area contributed by atoms with Crippen LogP contribution in [0.3, 0.4) is 0 Å². The molecule has 1 aromatic heterocycles. The number of nitrogens with zero attached hydrogens (tertiary/aromatic N) is 3. The summed E-state index contributed by atoms with van der Waals surface area (Å²) in [6.07, 6.45) is 1.88. The first kappa shape index (κ1) is 21.8. The summed E-state index contributed by atoms with van der Waals surface area (Å²) in [7, 11) is 0. The zero-order chi connectivity index (χ0) is 21.6. The normalized spacial score (nSPS) is 14.8. The highest BCUT2D eigenvalue weighted by molar-refractivity contribution is 6.31. The summed E-state index contributed by atoms with van der Waals surface area (Å²) in [6, 6.07) is 13.6. The van der Waals surface area contributed by atoms with Gasteiger partial charge in [-0.15, -0.1) is 0 Å². The number of carbonyl (C=O) groups is 1. The lowest BCUT2D eigenvalue weighted by Gasteiger charge is -2.26. The summed E-state index contributed by atoms with van der Waals surface area (Å²) in [6.45, 7) is 7.60. The summed E-state index contributed by atoms with van der Waals surface area (Å²) >= 11 is 6.42. The number of fused-ring (bicyclic) bond motifs is 1. The van der Waals surface area contributed by atoms with Gasteiger partial charge in [0.1, 0.15) is 5.82 Å². The van der Waals surface area contributed by atoms with Crippen LogP contribution in [0.1, 0.15) is 35.1 Å². The number of nitrogens with one attached hydrogen (secondary N) is 1. The summed E-state index contributed by atoms with van der Waals surface area (Å²) in [4.78, 5) is 19.9. The second-order valence-corrected chi connectivity index (χ2v) is 8.28. The van der Waals surface area contributed by atoms with Gasteiger partial charge in [0, 0.05) is 43.2 Å². The maximum absolute atomic E-state index is 12.8. The van der Waals surface area contributed by atoms with E-state index in [1.54, 1.807) is 0 Å². The Morgan fingerprint density at radius 1 is 1.19 bits per heavy atom. The van der Waals surface area contributed by atoms with Crippen molar-refractivity contribution in [2.45, 2.75) is 26.3 Å². The molecule has 0 atom stereocenters. The lowest BCUT2D eigenvalue weighted by molar-refractivity contribution is 0.0383. The van der Waals surface area contributed by atoms with Crippen molar-refractivity contribution in [3.8, 4) is 0 Å². The van der Waals surface area contributed by atoms with Crippen LogP contribution in [0.4, 0.5) is 0 Å². The molecule has 3 aromatic rings. The van der Waals surface area contributed by atoms with E-state index in [2.05, 4.69) is 21.7 Å². The second kappa shape index (κ2) is 10.3. The van der Waals surface area contributed by atoms with Crippen molar-refractivity contribution < 1.29 is 9.53 Å². The Morgan fingerprint density at radius 2 is 2.00 bits per heavy atom. The summed E-state index contributed by atoms with van der Waals surface area (Å²) in [5.41, 5.74) is 3.56. The third-order valence-electron chi connectivity index (χ3n) is 5.67. The van der Waals surface area contributed by atoms with Gasteiger partial charge < -0.3 is 14.6 Å². The fourth-order valence-electron chi connectivity index (χ4n) is 3.96. The summed E-state index contributed by atoms with van der Waals surface area (Å²) in [5, 5.41) is 3.79. The van der Waals surface area contributed by atoms with E-state index in [0.29, 0.717) is 18.7 Å². The number of morpholine rings is 1. The minimum absolute atomic E-state index is 0.0577. The van der Waals surface area contributed by atoms with Crippen LogP contribution in [0.15, 0.2) is 42.5 Å². The molecule has 1 fully saturated rings. The fraction of sp³-hybridized carbons (Fsp3) is 0.417. The molecule has 1 aliphatic heterocycles. The van der Waals surface area contributed by atoms with Crippen molar-refractivity contribution in [1.82, 2.24) is 19.8 Å². The van der Waals surface area contributed by atoms with Crippen LogP contribution in [0.25, 0.3) is 11.0 Å². The minimum Gasteiger partial charge on any atom is -0.379 e. The Kier molecular flexibility index (Phi) is 7.22. The van der Waals surface area contributed by atoms with Crippen LogP contribution in [0, 0.1) is 0 Å². The highest BCUT2D eigenvalue weighted by Gasteiger charge is 2.15. The van der Waals surface area contributed by atoms with E-state index in [4.69, 9.17) is 21.3 Å². The minimum atomic E-state index is -0.0577. The van der Waals surface area contributed by atoms with Crippen molar-refractivity contribution in [2.75, 3.05) is 39.4 Å². The third kappa shape index (κ3) is 5.26. The Hall–Kier alpha value is -2.41. The van der Waals surface area contributed by atoms with Gasteiger partial charge in [0.2, 0.25) is 0 Å². The highest BCUT2D eigenvalue weighted by atomic mass is 35.5. The molecule has 1 aliphatic rings. The second-order valence-electron chi connectivity index (χ2n) is 7.87. The van der Waals surface area contributed by atoms with Gasteiger partial charge in [-0.05, 0) is 36.2 Å². The van der Waals surface area contributed by atoms with E-state index in [0.717, 1.165) is 73.1 Å². The number of halogens is 1. The number of aromatic nitrogens is 2. The molecule has 4 rings (SSSR count). The number of aryl methyl sites for hydroxylation is 1. The van der Waals surface area contributed by atoms with E-state index in [-0.39, 0.29) is 5.91 Å². The van der Waals surface area contributed by atoms with Gasteiger partial charge in [-0.3, -0.25) is 9.69 Å². The molecule has 1 amide bonds. The molecule has 2 heterocycles. The molecule has 0 spiro atoms. The largest absolute Gasteiger partial charge is 0.379 e. The Bertz CT molecular complexity index is 1040. The van der Waals surface area contributed by atoms with E-state index in [9.17, 15) is 4.79 Å². The molecule has 0 saturated carbocycles. The average Bonchev–Trinajstić information content (AvgIpc) is 3.12. The van der Waals surface area contributed by atoms with Crippen LogP contribution in [-0.2, 0) is 17.7 Å². The predicted molar refractivity (Wildman–Crippen MR) is 124 cm³/mol. The molecule has 1 saturated heterocycles. The highest BCUT2D eigenvalue weighted by Crippen LogP contribution is 2.23. The van der Waals surface area contributed by atoms with E-state index < -0.39 is 0 Å². The standard InChI is InChI=1S/C24H29ClN4O2/c1-2-5-23-27-21-9-8-18(24(30)26-10-11-28-12-14-31-15-13-28)16-22(21)29(23)17-19-6-3-4-7-20(19)25/h3-4,6-9,16H,2,5,10-15,17H2,1H3,(H,26,30). The lowest BCUT2D eigenvalue weighted by Crippen LogP contribution is -2.41. The van der Waals surface area contributed by atoms with Gasteiger partial charge in [0.25, 0.3) is 5.91 Å². The van der Waals surface area contributed by atoms with Crippen LogP contribution in [0.2, 0.25) is 5.02 Å². The van der Waals surface area contributed by atoms with Gasteiger partial charge in [0.15, 0.2) is 0 Å². The molecule has 6 nitrogen and oxygen atoms in total. The first-order valence-electron chi connectivity index (χ1n) is 11.0. The zero-order valence-corrected chi connectivity index (χ0v) is 18.7. The molecule has 31 heavy (non-hydrogen) atoms. The first-order chi connectivity index (χ1) is 15.2. The van der Waals surface area contributed by atoms with Gasteiger partial charge in [0.05, 0.1) is 30.8 Å². The molecule has 7 heteroatoms. The van der Waals surface area contributed by atoms with Crippen molar-refractivity contribution in [3.05, 3.63) is 64.4 Å². The van der Waals surface area contributed by atoms with E-state index in [1.807, 2.05) is 42.5 Å². The lowest BCUT2D eigenvalue weighted by atomic mass is 10.1. The Labute approximate surface area is 188 Å². The SMILES string of the molecule is CCCc1nc2ccc(C(=O)NCCN3CCOCC3)cc2n1Cc1ccccc1Cl. The number of hydrogen-bond acceptors (Lipinski definition) is 4. The predicted octanol–water partition coefficient (Wildman–Crippen LogP) is 3.75. The van der Waals surface area contributed by atoms with Crippen LogP contribution in [0.5, 0.6) is 0 Å². The van der Waals surface area contributed by atoms with Gasteiger partial charge in [-0.25, -0.2) is 4.98 Å². The van der Waals surface area contributed by atoms with E-state index >= 15 is 0 Å². The number of rotatable bonds is 8. The molecule has 2 aromatic carbocycles. The zero-order valence-electron chi connectivity index (χ0n) is 17.9. The van der Waals surface area contributed by atoms with Gasteiger partial charge >= 0.3 is 0 Å². The number of imidazole rings is 1. The molecular weight excluding hydrogens is 412 g/mol. The molecule has 0 unspecified atom stereocenters. The number of amides is 1. The van der Waals surface area contributed by atoms with Gasteiger partial charge in [-0.2, -0.15) is 0 Å². The van der Waals surface area contributed by atoms with Crippen LogP contribution >= 0.6 is 11.6 Å². The third-order valence-corrected chi connectivity index (χ3v) is 6.04. The smallest absolute Gasteiger partial charge is 0.251 e. The molecule has 0 radical (unpaired) electrons. The van der Waals surface area contributed by atoms with Crippen LogP contribution < -0.4 is 5.32 Å². The van der Waals surface area contributed by atoms with Crippen LogP contribution in [-0.4, -0.2) is 59.8 Å². The maximum Gasteiger partial charge on any atom is 0.251 e. The molecule has 0 aliphatic carbocycles. The quantitative estimate of drug-likeness (QED) is 0.579. The number of carbonyl (C=O) groups excluding carboxylic acids is 1. The molecule has 1 N–H and O–H groups in total. The van der Waals surface area contributed by atoms with Crippen molar-refractivity contribution in [1.29, 1.82) is 0 Å². The molecule has 164 valence electrons. The summed E-state index contributed by atoms with van der Waals surface area (Å²) in [5.74, 6) is 0.958. The number of hydrogen-bond donors (Lipinski definition) is 1. The Balaban J connectivity index is 1.53. The summed E-state index contributed by atoms with van der Waals surface area (Å²) < 4.78 is 7.56. The number of ether oxygens (including phenoxy) is 1. The van der Waals surface area contributed by atoms with Crippen molar-refractivity contribution in [2.24, 2.45) is 0 Å². The van der Waals surface area contributed by atoms with Gasteiger partial charge in [-0.1, -0.05) is 36.7 Å². The first-order valence-corrected chi connectivity index (χ1v) is 11.3. The van der Waals surface area contributed by atoms with Crippen molar-refractivity contribution >= 4 is 28.5 Å². The average molecular weight is 441 g/mol. The topological polar surface area (TPSA) is 59.4 Å². The maximum atomic E-state index is 12.8. The number of benzene rings is 2. The molecular formula is C24H29ClN4O2. The fourth-order valence-corrected chi connectivity index (χ4v) is 4.15. The van der Waals surface area contributed by atoms with E-state index in [1.165, 1.54) is 0 Å². The Morgan fingerprint density at radius 3 is 2.77 bits per heavy atom. The van der Waals surface area contributed by atoms with Crippen molar-refractivity contribution in [3.63, 3.8) is 0 Å².